The third kappa shape index (κ3) is 3.69. The summed E-state index contributed by atoms with van der Waals surface area (Å²) in [7, 11) is 1.73. The van der Waals surface area contributed by atoms with Gasteiger partial charge in [-0.1, -0.05) is 13.8 Å². The summed E-state index contributed by atoms with van der Waals surface area (Å²) in [5.41, 5.74) is 5.58. The van der Waals surface area contributed by atoms with Gasteiger partial charge >= 0.3 is 5.97 Å². The molecule has 0 saturated heterocycles. The fraction of sp³-hybridized carbons (Fsp3) is 0.875. The van der Waals surface area contributed by atoms with Crippen molar-refractivity contribution in [3.8, 4) is 0 Å². The molecule has 0 fully saturated rings. The molecule has 4 nitrogen and oxygen atoms in total. The van der Waals surface area contributed by atoms with Crippen LogP contribution in [0.2, 0.25) is 0 Å². The molecule has 12 heavy (non-hydrogen) atoms. The Morgan fingerprint density at radius 2 is 2.08 bits per heavy atom. The van der Waals surface area contributed by atoms with Crippen LogP contribution in [0.1, 0.15) is 20.8 Å². The molecule has 0 aliphatic heterocycles. The quantitative estimate of drug-likeness (QED) is 0.465. The molecule has 0 radical (unpaired) electrons. The van der Waals surface area contributed by atoms with Crippen molar-refractivity contribution in [1.29, 1.82) is 0 Å². The predicted molar refractivity (Wildman–Crippen MR) is 47.5 cm³/mol. The molecule has 0 spiro atoms. The fourth-order valence-electron chi connectivity index (χ4n) is 0.885. The van der Waals surface area contributed by atoms with Crippen molar-refractivity contribution in [3.05, 3.63) is 0 Å². The van der Waals surface area contributed by atoms with Crippen molar-refractivity contribution in [1.82, 2.24) is 10.9 Å². The first-order valence-corrected chi connectivity index (χ1v) is 4.22. The van der Waals surface area contributed by atoms with Crippen LogP contribution in [0.15, 0.2) is 0 Å². The maximum atomic E-state index is 11.2. The smallest absolute Gasteiger partial charge is 0.324 e. The van der Waals surface area contributed by atoms with Crippen LogP contribution >= 0.6 is 0 Å². The molecule has 4 heteroatoms. The molecule has 0 rings (SSSR count). The fourth-order valence-corrected chi connectivity index (χ4v) is 0.885. The van der Waals surface area contributed by atoms with Gasteiger partial charge in [-0.15, -0.1) is 0 Å². The summed E-state index contributed by atoms with van der Waals surface area (Å²) in [5.74, 6) is 0.0124. The molecule has 72 valence electrons. The van der Waals surface area contributed by atoms with Gasteiger partial charge in [-0.3, -0.25) is 10.2 Å². The summed E-state index contributed by atoms with van der Waals surface area (Å²) in [6, 6.07) is -0.269. The third-order valence-electron chi connectivity index (χ3n) is 1.51. The Balaban J connectivity index is 4.00. The molecule has 0 aliphatic rings. The number of nitrogens with one attached hydrogen (secondary N) is 2. The van der Waals surface area contributed by atoms with Gasteiger partial charge in [-0.2, -0.15) is 0 Å². The summed E-state index contributed by atoms with van der Waals surface area (Å²) < 4.78 is 4.88. The second kappa shape index (κ2) is 5.97. The lowest BCUT2D eigenvalue weighted by atomic mass is 10.1. The summed E-state index contributed by atoms with van der Waals surface area (Å²) >= 11 is 0. The van der Waals surface area contributed by atoms with Gasteiger partial charge in [0.15, 0.2) is 0 Å². The average molecular weight is 174 g/mol. The third-order valence-corrected chi connectivity index (χ3v) is 1.51. The number of rotatable bonds is 5. The Kier molecular flexibility index (Phi) is 5.66. The second-order valence-corrected chi connectivity index (χ2v) is 2.87. The van der Waals surface area contributed by atoms with Crippen LogP contribution in [0.4, 0.5) is 0 Å². The van der Waals surface area contributed by atoms with Gasteiger partial charge in [-0.25, -0.2) is 5.43 Å². The van der Waals surface area contributed by atoms with Crippen molar-refractivity contribution < 1.29 is 9.53 Å². The summed E-state index contributed by atoms with van der Waals surface area (Å²) in [5, 5.41) is 0. The van der Waals surface area contributed by atoms with Gasteiger partial charge in [0.05, 0.1) is 6.61 Å². The van der Waals surface area contributed by atoms with E-state index in [0.29, 0.717) is 6.61 Å². The normalized spacial score (nSPS) is 13.1. The largest absolute Gasteiger partial charge is 0.465 e. The van der Waals surface area contributed by atoms with Crippen LogP contribution in [-0.4, -0.2) is 25.7 Å². The minimum Gasteiger partial charge on any atom is -0.465 e. The van der Waals surface area contributed by atoms with E-state index in [9.17, 15) is 4.79 Å². The lowest BCUT2D eigenvalue weighted by molar-refractivity contribution is -0.147. The van der Waals surface area contributed by atoms with Crippen LogP contribution in [0.25, 0.3) is 0 Å². The van der Waals surface area contributed by atoms with E-state index in [1.165, 1.54) is 0 Å². The minimum absolute atomic E-state index is 0.207. The van der Waals surface area contributed by atoms with Crippen LogP contribution in [0, 0.1) is 5.92 Å². The Morgan fingerprint density at radius 1 is 1.50 bits per heavy atom. The molecule has 2 N–H and O–H groups in total. The maximum absolute atomic E-state index is 11.2. The highest BCUT2D eigenvalue weighted by atomic mass is 16.5. The lowest BCUT2D eigenvalue weighted by Gasteiger charge is -2.19. The standard InChI is InChI=1S/C8H18N2O2/c1-5-12-8(11)7(6(2)3)10-9-4/h6-7,9-10H,5H2,1-4H3/t7-/m0/s1. The number of hydrazine groups is 1. The van der Waals surface area contributed by atoms with E-state index < -0.39 is 0 Å². The number of carbonyl (C=O) groups excluding carboxylic acids is 1. The average Bonchev–Trinajstić information content (AvgIpc) is 1.99. The first-order chi connectivity index (χ1) is 5.63. The highest BCUT2D eigenvalue weighted by Gasteiger charge is 2.21. The molecule has 0 amide bonds. The highest BCUT2D eigenvalue weighted by molar-refractivity contribution is 5.75. The molecule has 1 atom stereocenters. The zero-order valence-electron chi connectivity index (χ0n) is 8.18. The Bertz CT molecular complexity index is 137. The number of hydrogen-bond donors (Lipinski definition) is 2. The SMILES string of the molecule is CCOC(=O)[C@@H](NNC)C(C)C. The zero-order valence-corrected chi connectivity index (χ0v) is 8.18. The maximum Gasteiger partial charge on any atom is 0.324 e. The summed E-state index contributed by atoms with van der Waals surface area (Å²) in [6.45, 7) is 6.15. The van der Waals surface area contributed by atoms with E-state index in [1.54, 1.807) is 14.0 Å². The number of esters is 1. The van der Waals surface area contributed by atoms with Crippen LogP contribution in [0.3, 0.4) is 0 Å². The Morgan fingerprint density at radius 3 is 2.42 bits per heavy atom. The van der Waals surface area contributed by atoms with Crippen LogP contribution in [0.5, 0.6) is 0 Å². The first-order valence-electron chi connectivity index (χ1n) is 4.22. The van der Waals surface area contributed by atoms with Crippen molar-refractivity contribution in [2.24, 2.45) is 5.92 Å². The van der Waals surface area contributed by atoms with Gasteiger partial charge in [0.2, 0.25) is 0 Å². The van der Waals surface area contributed by atoms with E-state index in [0.717, 1.165) is 0 Å². The number of hydrogen-bond acceptors (Lipinski definition) is 4. The molecule has 0 aromatic carbocycles. The van der Waals surface area contributed by atoms with Crippen molar-refractivity contribution in [2.45, 2.75) is 26.8 Å². The molecule has 0 heterocycles. The van der Waals surface area contributed by atoms with Gasteiger partial charge in [0.1, 0.15) is 6.04 Å². The molecule has 0 aliphatic carbocycles. The lowest BCUT2D eigenvalue weighted by Crippen LogP contribution is -2.47. The van der Waals surface area contributed by atoms with E-state index >= 15 is 0 Å². The monoisotopic (exact) mass is 174 g/mol. The first kappa shape index (κ1) is 11.4. The molecule has 0 saturated carbocycles. The number of ether oxygens (including phenoxy) is 1. The van der Waals surface area contributed by atoms with Crippen LogP contribution in [-0.2, 0) is 9.53 Å². The molecular formula is C8H18N2O2. The van der Waals surface area contributed by atoms with Gasteiger partial charge in [0.25, 0.3) is 0 Å². The Hall–Kier alpha value is -0.610. The summed E-state index contributed by atoms with van der Waals surface area (Å²) in [4.78, 5) is 11.2. The molecule has 0 aromatic rings. The van der Waals surface area contributed by atoms with E-state index in [1.807, 2.05) is 13.8 Å². The van der Waals surface area contributed by atoms with Gasteiger partial charge in [-0.05, 0) is 19.9 Å². The van der Waals surface area contributed by atoms with Crippen molar-refractivity contribution in [2.75, 3.05) is 13.7 Å². The molecule has 0 aromatic heterocycles. The molecule has 0 bridgehead atoms. The van der Waals surface area contributed by atoms with E-state index in [2.05, 4.69) is 10.9 Å². The van der Waals surface area contributed by atoms with Crippen molar-refractivity contribution >= 4 is 5.97 Å². The van der Waals surface area contributed by atoms with E-state index in [-0.39, 0.29) is 17.9 Å². The Labute approximate surface area is 73.6 Å². The highest BCUT2D eigenvalue weighted by Crippen LogP contribution is 2.02. The van der Waals surface area contributed by atoms with Gasteiger partial charge in [0, 0.05) is 0 Å². The summed E-state index contributed by atoms with van der Waals surface area (Å²) in [6.07, 6.45) is 0. The molecule has 0 unspecified atom stereocenters. The van der Waals surface area contributed by atoms with Gasteiger partial charge < -0.3 is 4.74 Å². The van der Waals surface area contributed by atoms with Crippen molar-refractivity contribution in [3.63, 3.8) is 0 Å². The zero-order chi connectivity index (χ0) is 9.56. The van der Waals surface area contributed by atoms with E-state index in [4.69, 9.17) is 4.74 Å². The second-order valence-electron chi connectivity index (χ2n) is 2.87. The molecular weight excluding hydrogens is 156 g/mol. The predicted octanol–water partition coefficient (Wildman–Crippen LogP) is 0.298. The topological polar surface area (TPSA) is 50.4 Å². The van der Waals surface area contributed by atoms with Crippen LogP contribution < -0.4 is 10.9 Å². The minimum atomic E-state index is -0.269. The number of carbonyl (C=O) groups is 1.